The van der Waals surface area contributed by atoms with Crippen molar-refractivity contribution in [2.75, 3.05) is 0 Å². The van der Waals surface area contributed by atoms with Crippen LogP contribution in [0.25, 0.3) is 0 Å². The minimum Gasteiger partial charge on any atom is -0.403 e. The largest absolute Gasteiger partial charge is 0.461 e. The van der Waals surface area contributed by atoms with Gasteiger partial charge in [0.2, 0.25) is 0 Å². The summed E-state index contributed by atoms with van der Waals surface area (Å²) in [6.07, 6.45) is 2.11. The van der Waals surface area contributed by atoms with Crippen LogP contribution in [0.1, 0.15) is 60.8 Å². The summed E-state index contributed by atoms with van der Waals surface area (Å²) in [4.78, 5) is 11.6. The highest BCUT2D eigenvalue weighted by Crippen LogP contribution is 2.40. The van der Waals surface area contributed by atoms with Crippen LogP contribution in [0.3, 0.4) is 0 Å². The van der Waals surface area contributed by atoms with E-state index in [0.29, 0.717) is 18.6 Å². The summed E-state index contributed by atoms with van der Waals surface area (Å²) in [5.41, 5.74) is -0.612. The Morgan fingerprint density at radius 2 is 1.65 bits per heavy atom. The van der Waals surface area contributed by atoms with Gasteiger partial charge in [-0.25, -0.2) is 0 Å². The Morgan fingerprint density at radius 1 is 1.18 bits per heavy atom. The summed E-state index contributed by atoms with van der Waals surface area (Å²) in [7, 11) is -0.263. The molecule has 0 aliphatic carbocycles. The topological polar surface area (TPSA) is 35.5 Å². The molecule has 1 heterocycles. The first-order valence-corrected chi connectivity index (χ1v) is 6.57. The molecule has 98 valence electrons. The van der Waals surface area contributed by atoms with Gasteiger partial charge in [0.05, 0.1) is 11.2 Å². The fourth-order valence-corrected chi connectivity index (χ4v) is 1.96. The molecular formula is C13H25BO3. The molecular weight excluding hydrogens is 215 g/mol. The van der Waals surface area contributed by atoms with Gasteiger partial charge in [-0.3, -0.25) is 4.79 Å². The first kappa shape index (κ1) is 14.7. The van der Waals surface area contributed by atoms with E-state index < -0.39 is 0 Å². The number of ketones is 1. The Bertz CT molecular complexity index is 270. The van der Waals surface area contributed by atoms with Gasteiger partial charge < -0.3 is 9.31 Å². The zero-order valence-electron chi connectivity index (χ0n) is 12.0. The fourth-order valence-electron chi connectivity index (χ4n) is 1.96. The van der Waals surface area contributed by atoms with Crippen molar-refractivity contribution in [1.82, 2.24) is 0 Å². The minimum absolute atomic E-state index is 0.120. The molecule has 0 aromatic heterocycles. The highest BCUT2D eigenvalue weighted by Gasteiger charge is 2.52. The Balaban J connectivity index is 2.56. The maximum Gasteiger partial charge on any atom is 0.461 e. The van der Waals surface area contributed by atoms with Crippen molar-refractivity contribution >= 4 is 12.9 Å². The normalized spacial score (nSPS) is 23.8. The predicted molar refractivity (Wildman–Crippen MR) is 70.0 cm³/mol. The molecule has 1 saturated heterocycles. The molecule has 0 amide bonds. The van der Waals surface area contributed by atoms with Crippen LogP contribution in [0.5, 0.6) is 0 Å². The van der Waals surface area contributed by atoms with Crippen LogP contribution in [0.4, 0.5) is 0 Å². The van der Waals surface area contributed by atoms with Crippen molar-refractivity contribution < 1.29 is 14.1 Å². The molecule has 1 unspecified atom stereocenters. The summed E-state index contributed by atoms with van der Waals surface area (Å²) in [5.74, 6) is 0.421. The van der Waals surface area contributed by atoms with Crippen molar-refractivity contribution in [3.63, 3.8) is 0 Å². The second kappa shape index (κ2) is 5.11. The number of hydrogen-bond acceptors (Lipinski definition) is 3. The lowest BCUT2D eigenvalue weighted by molar-refractivity contribution is -0.119. The molecule has 17 heavy (non-hydrogen) atoms. The molecule has 0 radical (unpaired) electrons. The van der Waals surface area contributed by atoms with Gasteiger partial charge in [-0.2, -0.15) is 0 Å². The van der Waals surface area contributed by atoms with E-state index in [9.17, 15) is 4.79 Å². The van der Waals surface area contributed by atoms with Crippen LogP contribution < -0.4 is 0 Å². The van der Waals surface area contributed by atoms with Crippen LogP contribution >= 0.6 is 0 Å². The number of rotatable bonds is 5. The number of carbonyl (C=O) groups excluding carboxylic acids is 1. The van der Waals surface area contributed by atoms with Gasteiger partial charge >= 0.3 is 7.12 Å². The first-order chi connectivity index (χ1) is 7.69. The molecule has 0 spiro atoms. The summed E-state index contributed by atoms with van der Waals surface area (Å²) < 4.78 is 11.9. The van der Waals surface area contributed by atoms with E-state index in [1.54, 1.807) is 0 Å². The lowest BCUT2D eigenvalue weighted by atomic mass is 9.70. The van der Waals surface area contributed by atoms with E-state index in [1.165, 1.54) is 0 Å². The number of Topliss-reactive ketones (excluding diaryl/α,β-unsaturated/α-hetero) is 1. The van der Waals surface area contributed by atoms with Crippen molar-refractivity contribution in [1.29, 1.82) is 0 Å². The third-order valence-electron chi connectivity index (χ3n) is 3.81. The van der Waals surface area contributed by atoms with Gasteiger partial charge in [0.1, 0.15) is 5.78 Å². The second-order valence-corrected chi connectivity index (χ2v) is 6.09. The van der Waals surface area contributed by atoms with E-state index in [4.69, 9.17) is 9.31 Å². The summed E-state index contributed by atoms with van der Waals surface area (Å²) in [6.45, 7) is 12.2. The van der Waals surface area contributed by atoms with Gasteiger partial charge in [-0.05, 0) is 39.9 Å². The van der Waals surface area contributed by atoms with Crippen molar-refractivity contribution in [3.05, 3.63) is 0 Å². The van der Waals surface area contributed by atoms with E-state index in [1.807, 2.05) is 41.5 Å². The Hall–Kier alpha value is -0.345. The molecule has 0 aromatic carbocycles. The average molecular weight is 240 g/mol. The lowest BCUT2D eigenvalue weighted by Crippen LogP contribution is -2.41. The van der Waals surface area contributed by atoms with Crippen LogP contribution in [-0.4, -0.2) is 24.1 Å². The lowest BCUT2D eigenvalue weighted by Gasteiger charge is -2.32. The Morgan fingerprint density at radius 3 is 2.06 bits per heavy atom. The molecule has 0 N–H and O–H groups in total. The van der Waals surface area contributed by atoms with E-state index in [0.717, 1.165) is 6.42 Å². The second-order valence-electron chi connectivity index (χ2n) is 6.09. The zero-order chi connectivity index (χ0) is 13.3. The van der Waals surface area contributed by atoms with Crippen molar-refractivity contribution in [2.45, 2.75) is 77.8 Å². The van der Waals surface area contributed by atoms with Gasteiger partial charge in [-0.15, -0.1) is 0 Å². The van der Waals surface area contributed by atoms with Gasteiger partial charge in [0.25, 0.3) is 0 Å². The molecule has 1 aliphatic heterocycles. The quantitative estimate of drug-likeness (QED) is 0.692. The highest BCUT2D eigenvalue weighted by atomic mass is 16.7. The van der Waals surface area contributed by atoms with E-state index >= 15 is 0 Å². The SMILES string of the molecule is CCCC(=O)CC(C)B1OC(C)(C)C(C)(C)O1. The molecule has 0 aromatic rings. The highest BCUT2D eigenvalue weighted by molar-refractivity contribution is 6.47. The average Bonchev–Trinajstić information content (AvgIpc) is 2.36. The van der Waals surface area contributed by atoms with Crippen LogP contribution in [0.2, 0.25) is 5.82 Å². The first-order valence-electron chi connectivity index (χ1n) is 6.57. The predicted octanol–water partition coefficient (Wildman–Crippen LogP) is 3.23. The minimum atomic E-state index is -0.306. The molecule has 3 nitrogen and oxygen atoms in total. The fraction of sp³-hybridized carbons (Fsp3) is 0.923. The molecule has 1 atom stereocenters. The maximum atomic E-state index is 11.6. The maximum absolute atomic E-state index is 11.6. The summed E-state index contributed by atoms with van der Waals surface area (Å²) in [5, 5.41) is 0. The molecule has 1 aliphatic rings. The van der Waals surface area contributed by atoms with Gasteiger partial charge in [-0.1, -0.05) is 13.8 Å². The van der Waals surface area contributed by atoms with E-state index in [-0.39, 0.29) is 24.1 Å². The summed E-state index contributed by atoms with van der Waals surface area (Å²) >= 11 is 0. The molecule has 0 saturated carbocycles. The molecule has 1 fully saturated rings. The third-order valence-corrected chi connectivity index (χ3v) is 3.81. The Kier molecular flexibility index (Phi) is 4.42. The zero-order valence-corrected chi connectivity index (χ0v) is 12.0. The van der Waals surface area contributed by atoms with Gasteiger partial charge in [0, 0.05) is 12.8 Å². The monoisotopic (exact) mass is 240 g/mol. The summed E-state index contributed by atoms with van der Waals surface area (Å²) in [6, 6.07) is 0. The molecule has 4 heteroatoms. The van der Waals surface area contributed by atoms with Crippen LogP contribution in [0, 0.1) is 0 Å². The molecule has 0 bridgehead atoms. The van der Waals surface area contributed by atoms with Crippen LogP contribution in [-0.2, 0) is 14.1 Å². The number of carbonyl (C=O) groups is 1. The standard InChI is InChI=1S/C13H25BO3/c1-7-8-11(15)9-10(2)14-16-12(3,4)13(5,6)17-14/h10H,7-9H2,1-6H3. The third kappa shape index (κ3) is 3.32. The van der Waals surface area contributed by atoms with Crippen molar-refractivity contribution in [2.24, 2.45) is 0 Å². The molecule has 1 rings (SSSR count). The smallest absolute Gasteiger partial charge is 0.403 e. The van der Waals surface area contributed by atoms with Crippen molar-refractivity contribution in [3.8, 4) is 0 Å². The number of hydrogen-bond donors (Lipinski definition) is 0. The Labute approximate surface area is 105 Å². The van der Waals surface area contributed by atoms with Crippen LogP contribution in [0.15, 0.2) is 0 Å². The van der Waals surface area contributed by atoms with Gasteiger partial charge in [0.15, 0.2) is 0 Å². The van der Waals surface area contributed by atoms with E-state index in [2.05, 4.69) is 0 Å².